The van der Waals surface area contributed by atoms with Crippen LogP contribution in [-0.2, 0) is 23.7 Å². The molecule has 2 aliphatic rings. The molecule has 404 valence electrons. The van der Waals surface area contributed by atoms with Crippen molar-refractivity contribution in [2.75, 3.05) is 19.8 Å². The maximum Gasteiger partial charge on any atom is 0.220 e. The van der Waals surface area contributed by atoms with Gasteiger partial charge < -0.3 is 65.1 Å². The number of hydrogen-bond donors (Lipinski definition) is 9. The van der Waals surface area contributed by atoms with Crippen molar-refractivity contribution in [2.24, 2.45) is 0 Å². The van der Waals surface area contributed by atoms with Crippen molar-refractivity contribution in [3.63, 3.8) is 0 Å². The second kappa shape index (κ2) is 41.9. The highest BCUT2D eigenvalue weighted by Crippen LogP contribution is 2.30. The minimum atomic E-state index is -1.79. The third-order valence-corrected chi connectivity index (χ3v) is 12.9. The summed E-state index contributed by atoms with van der Waals surface area (Å²) < 4.78 is 22.7. The number of allylic oxidation sites excluding steroid dienone is 12. The molecule has 2 heterocycles. The molecular formula is C56H97NO13. The van der Waals surface area contributed by atoms with Crippen molar-refractivity contribution in [2.45, 2.75) is 254 Å². The van der Waals surface area contributed by atoms with Crippen LogP contribution in [0.3, 0.4) is 0 Å². The summed E-state index contributed by atoms with van der Waals surface area (Å²) >= 11 is 0. The van der Waals surface area contributed by atoms with E-state index in [1.165, 1.54) is 83.5 Å². The molecule has 12 atom stereocenters. The summed E-state index contributed by atoms with van der Waals surface area (Å²) in [4.78, 5) is 13.2. The SMILES string of the molecule is CC/C=C\C/C=C\C/C=C\C/C=C\C/C=C\C/C=C\CCC(=O)NC(COC1OC(CO)C(OC2OC(CO)C(O)C(O)C2O)C(O)C1O)C(O)CCCCCCCCCCCCCCCCCCC. The minimum absolute atomic E-state index is 0.176. The van der Waals surface area contributed by atoms with E-state index in [0.717, 1.165) is 64.2 Å². The van der Waals surface area contributed by atoms with E-state index >= 15 is 0 Å². The van der Waals surface area contributed by atoms with Crippen LogP contribution in [0.5, 0.6) is 0 Å². The van der Waals surface area contributed by atoms with Gasteiger partial charge in [-0.25, -0.2) is 0 Å². The van der Waals surface area contributed by atoms with Crippen molar-refractivity contribution in [1.82, 2.24) is 5.32 Å². The second-order valence-corrected chi connectivity index (χ2v) is 19.0. The molecule has 14 nitrogen and oxygen atoms in total. The lowest BCUT2D eigenvalue weighted by atomic mass is 9.97. The van der Waals surface area contributed by atoms with Gasteiger partial charge in [0.25, 0.3) is 0 Å². The highest BCUT2D eigenvalue weighted by Gasteiger charge is 2.51. The summed E-state index contributed by atoms with van der Waals surface area (Å²) in [5.41, 5.74) is 0. The molecule has 2 saturated heterocycles. The molecule has 0 aromatic heterocycles. The van der Waals surface area contributed by atoms with E-state index in [1.54, 1.807) is 0 Å². The summed E-state index contributed by atoms with van der Waals surface area (Å²) in [5, 5.41) is 87.0. The second-order valence-electron chi connectivity index (χ2n) is 19.0. The van der Waals surface area contributed by atoms with Gasteiger partial charge in [0.2, 0.25) is 5.91 Å². The van der Waals surface area contributed by atoms with Crippen LogP contribution < -0.4 is 5.32 Å². The standard InChI is InChI=1S/C56H97NO13/c1-3-5-7-9-11-13-15-17-19-21-22-24-26-28-30-32-34-36-38-40-48(61)57-44(45(60)39-37-35-33-31-29-27-25-23-20-18-16-14-12-10-8-6-4-2)43-67-55-53(66)51(64)54(47(42-59)69-55)70-56-52(65)50(63)49(62)46(41-58)68-56/h5,7,11,13,17,19,22,24,28,30,34,36,44-47,49-56,58-60,62-66H,3-4,6,8-10,12,14-16,18,20-21,23,25-27,29,31-33,35,37-43H2,1-2H3,(H,57,61)/b7-5-,13-11-,19-17-,24-22-,30-28-,36-34-. The van der Waals surface area contributed by atoms with Gasteiger partial charge >= 0.3 is 0 Å². The first kappa shape index (κ1) is 63.5. The molecule has 1 amide bonds. The Balaban J connectivity index is 1.85. The number of carbonyl (C=O) groups excluding carboxylic acids is 1. The van der Waals surface area contributed by atoms with E-state index in [1.807, 2.05) is 12.2 Å². The van der Waals surface area contributed by atoms with Crippen molar-refractivity contribution < 1.29 is 64.6 Å². The van der Waals surface area contributed by atoms with E-state index < -0.39 is 86.8 Å². The molecule has 9 N–H and O–H groups in total. The molecule has 2 aliphatic heterocycles. The summed E-state index contributed by atoms with van der Waals surface area (Å²) in [7, 11) is 0. The Kier molecular flexibility index (Phi) is 38.0. The van der Waals surface area contributed by atoms with Gasteiger partial charge in [0, 0.05) is 6.42 Å². The van der Waals surface area contributed by atoms with Crippen LogP contribution in [0.25, 0.3) is 0 Å². The maximum absolute atomic E-state index is 13.2. The number of ether oxygens (including phenoxy) is 4. The minimum Gasteiger partial charge on any atom is -0.394 e. The van der Waals surface area contributed by atoms with Gasteiger partial charge in [0.15, 0.2) is 12.6 Å². The van der Waals surface area contributed by atoms with Gasteiger partial charge in [-0.3, -0.25) is 4.79 Å². The van der Waals surface area contributed by atoms with Gasteiger partial charge in [-0.05, 0) is 51.4 Å². The fourth-order valence-electron chi connectivity index (χ4n) is 8.55. The van der Waals surface area contributed by atoms with Gasteiger partial charge in [-0.1, -0.05) is 196 Å². The smallest absolute Gasteiger partial charge is 0.220 e. The largest absolute Gasteiger partial charge is 0.394 e. The molecule has 12 unspecified atom stereocenters. The third-order valence-electron chi connectivity index (χ3n) is 12.9. The average Bonchev–Trinajstić information content (AvgIpc) is 3.36. The fourth-order valence-corrected chi connectivity index (χ4v) is 8.55. The first-order valence-electron chi connectivity index (χ1n) is 27.2. The van der Waals surface area contributed by atoms with Crippen molar-refractivity contribution in [3.8, 4) is 0 Å². The van der Waals surface area contributed by atoms with Gasteiger partial charge in [0.1, 0.15) is 48.8 Å². The fraction of sp³-hybridized carbons (Fsp3) is 0.768. The molecule has 2 fully saturated rings. The summed E-state index contributed by atoms with van der Waals surface area (Å²) in [6, 6.07) is -0.873. The first-order chi connectivity index (χ1) is 34.1. The molecule has 0 radical (unpaired) electrons. The Bertz CT molecular complexity index is 1450. The lowest BCUT2D eigenvalue weighted by molar-refractivity contribution is -0.359. The highest BCUT2D eigenvalue weighted by atomic mass is 16.7. The van der Waals surface area contributed by atoms with Gasteiger partial charge in [-0.15, -0.1) is 0 Å². The van der Waals surface area contributed by atoms with Crippen LogP contribution in [0.1, 0.15) is 181 Å². The van der Waals surface area contributed by atoms with Crippen LogP contribution in [0.2, 0.25) is 0 Å². The van der Waals surface area contributed by atoms with Crippen LogP contribution in [0, 0.1) is 0 Å². The zero-order valence-electron chi connectivity index (χ0n) is 43.0. The predicted molar refractivity (Wildman–Crippen MR) is 277 cm³/mol. The zero-order valence-corrected chi connectivity index (χ0v) is 43.0. The molecule has 0 saturated carbocycles. The van der Waals surface area contributed by atoms with Crippen LogP contribution in [0.15, 0.2) is 72.9 Å². The van der Waals surface area contributed by atoms with E-state index in [-0.39, 0.29) is 18.9 Å². The number of rotatable bonds is 41. The van der Waals surface area contributed by atoms with Crippen molar-refractivity contribution >= 4 is 5.91 Å². The van der Waals surface area contributed by atoms with Crippen LogP contribution >= 0.6 is 0 Å². The molecular weight excluding hydrogens is 895 g/mol. The number of nitrogens with one attached hydrogen (secondary N) is 1. The normalized spacial score (nSPS) is 26.5. The molecule has 0 spiro atoms. The van der Waals surface area contributed by atoms with Crippen molar-refractivity contribution in [3.05, 3.63) is 72.9 Å². The highest BCUT2D eigenvalue weighted by molar-refractivity contribution is 5.76. The molecule has 0 aromatic rings. The molecule has 0 bridgehead atoms. The molecule has 2 rings (SSSR count). The first-order valence-corrected chi connectivity index (χ1v) is 27.2. The number of unbranched alkanes of at least 4 members (excludes halogenated alkanes) is 16. The number of amides is 1. The van der Waals surface area contributed by atoms with Crippen LogP contribution in [-0.4, -0.2) is 140 Å². The number of carbonyl (C=O) groups is 1. The van der Waals surface area contributed by atoms with E-state index in [9.17, 15) is 45.6 Å². The topological polar surface area (TPSA) is 228 Å². The Morgan fingerprint density at radius 2 is 0.957 bits per heavy atom. The Labute approximate surface area is 421 Å². The number of aliphatic hydroxyl groups excluding tert-OH is 8. The van der Waals surface area contributed by atoms with Gasteiger partial charge in [0.05, 0.1) is 32.0 Å². The third kappa shape index (κ3) is 28.0. The van der Waals surface area contributed by atoms with Crippen LogP contribution in [0.4, 0.5) is 0 Å². The monoisotopic (exact) mass is 992 g/mol. The maximum atomic E-state index is 13.2. The zero-order chi connectivity index (χ0) is 51.0. The van der Waals surface area contributed by atoms with E-state index in [4.69, 9.17) is 18.9 Å². The number of hydrogen-bond acceptors (Lipinski definition) is 13. The van der Waals surface area contributed by atoms with Gasteiger partial charge in [-0.2, -0.15) is 0 Å². The summed E-state index contributed by atoms with van der Waals surface area (Å²) in [5.74, 6) is -0.291. The molecule has 0 aromatic carbocycles. The quantitative estimate of drug-likeness (QED) is 0.0209. The Hall–Kier alpha value is -2.57. The summed E-state index contributed by atoms with van der Waals surface area (Å²) in [6.45, 7) is 2.68. The summed E-state index contributed by atoms with van der Waals surface area (Å²) in [6.07, 6.45) is 36.2. The van der Waals surface area contributed by atoms with E-state index in [2.05, 4.69) is 79.9 Å². The molecule has 14 heteroatoms. The Morgan fingerprint density at radius 1 is 0.529 bits per heavy atom. The Morgan fingerprint density at radius 3 is 1.43 bits per heavy atom. The van der Waals surface area contributed by atoms with Crippen molar-refractivity contribution in [1.29, 1.82) is 0 Å². The average molecular weight is 992 g/mol. The number of aliphatic hydroxyl groups is 8. The van der Waals surface area contributed by atoms with E-state index in [0.29, 0.717) is 12.8 Å². The molecule has 0 aliphatic carbocycles. The predicted octanol–water partition coefficient (Wildman–Crippen LogP) is 7.99. The lowest BCUT2D eigenvalue weighted by Gasteiger charge is -2.46. The lowest BCUT2D eigenvalue weighted by Crippen LogP contribution is -2.65. The molecule has 70 heavy (non-hydrogen) atoms.